The number of aliphatic hydroxyl groups excluding tert-OH is 1. The molecule has 1 amide bonds. The first-order chi connectivity index (χ1) is 16.3. The van der Waals surface area contributed by atoms with Gasteiger partial charge in [-0.2, -0.15) is 0 Å². The molecular weight excluding hydrogens is 436 g/mol. The molecule has 0 bridgehead atoms. The molecule has 1 saturated heterocycles. The summed E-state index contributed by atoms with van der Waals surface area (Å²) < 4.78 is 11.3. The molecule has 8 nitrogen and oxygen atoms in total. The van der Waals surface area contributed by atoms with E-state index in [0.29, 0.717) is 48.8 Å². The van der Waals surface area contributed by atoms with Crippen molar-refractivity contribution < 1.29 is 29.3 Å². The Bertz CT molecular complexity index is 1080. The Morgan fingerprint density at radius 1 is 1.06 bits per heavy atom. The predicted octanol–water partition coefficient (Wildman–Crippen LogP) is 3.56. The molecule has 34 heavy (non-hydrogen) atoms. The number of amides is 1. The highest BCUT2D eigenvalue weighted by Crippen LogP contribution is 2.42. The maximum Gasteiger partial charge on any atom is 0.295 e. The van der Waals surface area contributed by atoms with Gasteiger partial charge in [-0.3, -0.25) is 9.59 Å². The van der Waals surface area contributed by atoms with E-state index in [4.69, 9.17) is 9.47 Å². The van der Waals surface area contributed by atoms with E-state index < -0.39 is 17.7 Å². The number of likely N-dealkylation sites (tertiary alicyclic amines) is 1. The van der Waals surface area contributed by atoms with E-state index >= 15 is 0 Å². The van der Waals surface area contributed by atoms with Crippen molar-refractivity contribution in [1.82, 2.24) is 9.80 Å². The first kappa shape index (κ1) is 25.1. The SMILES string of the molecule is CCOc1ccc(/C(O)=C2/C(=O)C(=O)N(CCCN(C)C)C2c2cccc(O)c2)c(OCC)c1. The second kappa shape index (κ2) is 11.1. The van der Waals surface area contributed by atoms with Gasteiger partial charge in [0.2, 0.25) is 0 Å². The van der Waals surface area contributed by atoms with E-state index in [9.17, 15) is 19.8 Å². The highest BCUT2D eigenvalue weighted by atomic mass is 16.5. The minimum Gasteiger partial charge on any atom is -0.508 e. The van der Waals surface area contributed by atoms with Crippen LogP contribution in [-0.4, -0.2) is 72.1 Å². The van der Waals surface area contributed by atoms with Crippen molar-refractivity contribution in [3.05, 3.63) is 59.2 Å². The summed E-state index contributed by atoms with van der Waals surface area (Å²) >= 11 is 0. The van der Waals surface area contributed by atoms with Gasteiger partial charge < -0.3 is 29.5 Å². The number of rotatable bonds is 10. The fraction of sp³-hybridized carbons (Fsp3) is 0.385. The number of benzene rings is 2. The van der Waals surface area contributed by atoms with Gasteiger partial charge in [0.15, 0.2) is 0 Å². The minimum absolute atomic E-state index is 0.00690. The summed E-state index contributed by atoms with van der Waals surface area (Å²) in [6.07, 6.45) is 0.641. The highest BCUT2D eigenvalue weighted by Gasteiger charge is 2.46. The molecule has 1 atom stereocenters. The number of Topliss-reactive ketones (excluding diaryl/α,β-unsaturated/α-hetero) is 1. The van der Waals surface area contributed by atoms with Crippen molar-refractivity contribution in [3.8, 4) is 17.2 Å². The number of phenols is 1. The summed E-state index contributed by atoms with van der Waals surface area (Å²) in [5.41, 5.74) is 0.793. The third-order valence-corrected chi connectivity index (χ3v) is 5.55. The van der Waals surface area contributed by atoms with Gasteiger partial charge in [0, 0.05) is 12.6 Å². The van der Waals surface area contributed by atoms with E-state index in [1.807, 2.05) is 32.8 Å². The van der Waals surface area contributed by atoms with Crippen molar-refractivity contribution in [1.29, 1.82) is 0 Å². The van der Waals surface area contributed by atoms with Crippen LogP contribution in [-0.2, 0) is 9.59 Å². The fourth-order valence-corrected chi connectivity index (χ4v) is 4.08. The molecule has 1 fully saturated rings. The number of carbonyl (C=O) groups excluding carboxylic acids is 2. The lowest BCUT2D eigenvalue weighted by molar-refractivity contribution is -0.139. The van der Waals surface area contributed by atoms with Gasteiger partial charge in [-0.25, -0.2) is 0 Å². The lowest BCUT2D eigenvalue weighted by atomic mass is 9.94. The lowest BCUT2D eigenvalue weighted by Gasteiger charge is -2.26. The first-order valence-corrected chi connectivity index (χ1v) is 11.4. The molecule has 8 heteroatoms. The number of hydrogen-bond acceptors (Lipinski definition) is 7. The molecular formula is C26H32N2O6. The van der Waals surface area contributed by atoms with Crippen molar-refractivity contribution in [2.75, 3.05) is 40.4 Å². The molecule has 0 spiro atoms. The van der Waals surface area contributed by atoms with Gasteiger partial charge in [-0.1, -0.05) is 12.1 Å². The molecule has 0 aliphatic carbocycles. The molecule has 0 saturated carbocycles. The minimum atomic E-state index is -0.838. The second-order valence-corrected chi connectivity index (χ2v) is 8.27. The number of aromatic hydroxyl groups is 1. The molecule has 2 aromatic carbocycles. The molecule has 1 unspecified atom stereocenters. The van der Waals surface area contributed by atoms with Crippen LogP contribution in [0.25, 0.3) is 5.76 Å². The zero-order valence-corrected chi connectivity index (χ0v) is 20.1. The van der Waals surface area contributed by atoms with Crippen LogP contribution < -0.4 is 9.47 Å². The van der Waals surface area contributed by atoms with Crippen LogP contribution in [0.2, 0.25) is 0 Å². The van der Waals surface area contributed by atoms with Crippen molar-refractivity contribution >= 4 is 17.4 Å². The van der Waals surface area contributed by atoms with Crippen LogP contribution >= 0.6 is 0 Å². The van der Waals surface area contributed by atoms with Crippen LogP contribution in [0.15, 0.2) is 48.0 Å². The largest absolute Gasteiger partial charge is 0.508 e. The van der Waals surface area contributed by atoms with Crippen LogP contribution in [0.5, 0.6) is 17.2 Å². The second-order valence-electron chi connectivity index (χ2n) is 8.27. The van der Waals surface area contributed by atoms with Gasteiger partial charge in [-0.15, -0.1) is 0 Å². The third kappa shape index (κ3) is 5.34. The average Bonchev–Trinajstić information content (AvgIpc) is 3.04. The van der Waals surface area contributed by atoms with Crippen LogP contribution in [0.1, 0.15) is 37.4 Å². The average molecular weight is 469 g/mol. The summed E-state index contributed by atoms with van der Waals surface area (Å²) in [6.45, 7) is 5.52. The Labute approximate surface area is 200 Å². The smallest absolute Gasteiger partial charge is 0.295 e. The highest BCUT2D eigenvalue weighted by molar-refractivity contribution is 6.46. The summed E-state index contributed by atoms with van der Waals surface area (Å²) in [4.78, 5) is 29.7. The van der Waals surface area contributed by atoms with Gasteiger partial charge in [0.05, 0.1) is 30.4 Å². The van der Waals surface area contributed by atoms with Crippen LogP contribution in [0, 0.1) is 0 Å². The van der Waals surface area contributed by atoms with E-state index in [1.54, 1.807) is 30.3 Å². The molecule has 1 heterocycles. The number of ketones is 1. The number of nitrogens with zero attached hydrogens (tertiary/aromatic N) is 2. The van der Waals surface area contributed by atoms with E-state index in [1.165, 1.54) is 17.0 Å². The van der Waals surface area contributed by atoms with Crippen LogP contribution in [0.3, 0.4) is 0 Å². The standard InChI is InChI=1S/C26H32N2O6/c1-5-33-19-11-12-20(21(16-19)34-6-2)24(30)22-23(17-9-7-10-18(29)15-17)28(26(32)25(22)31)14-8-13-27(3)4/h7,9-12,15-16,23,29-30H,5-6,8,13-14H2,1-4H3/b24-22-. The summed E-state index contributed by atoms with van der Waals surface area (Å²) in [5.74, 6) is -0.860. The maximum absolute atomic E-state index is 13.2. The number of carbonyl (C=O) groups is 2. The number of hydrogen-bond donors (Lipinski definition) is 2. The number of phenolic OH excluding ortho intramolecular Hbond substituents is 1. The fourth-order valence-electron chi connectivity index (χ4n) is 4.08. The normalized spacial score (nSPS) is 17.4. The molecule has 3 rings (SSSR count). The summed E-state index contributed by atoms with van der Waals surface area (Å²) in [7, 11) is 3.87. The van der Waals surface area contributed by atoms with E-state index in [0.717, 1.165) is 6.54 Å². The molecule has 182 valence electrons. The number of aliphatic hydroxyl groups is 1. The van der Waals surface area contributed by atoms with E-state index in [-0.39, 0.29) is 17.1 Å². The maximum atomic E-state index is 13.2. The lowest BCUT2D eigenvalue weighted by Crippen LogP contribution is -2.32. The molecule has 0 radical (unpaired) electrons. The van der Waals surface area contributed by atoms with Crippen molar-refractivity contribution in [2.24, 2.45) is 0 Å². The van der Waals surface area contributed by atoms with Gasteiger partial charge in [-0.05, 0) is 70.7 Å². The van der Waals surface area contributed by atoms with E-state index in [2.05, 4.69) is 0 Å². The Hall–Kier alpha value is -3.52. The monoisotopic (exact) mass is 468 g/mol. The Morgan fingerprint density at radius 2 is 1.79 bits per heavy atom. The van der Waals surface area contributed by atoms with Gasteiger partial charge in [0.1, 0.15) is 23.0 Å². The Balaban J connectivity index is 2.14. The number of ether oxygens (including phenoxy) is 2. The zero-order valence-electron chi connectivity index (χ0n) is 20.1. The Morgan fingerprint density at radius 3 is 2.44 bits per heavy atom. The molecule has 2 N–H and O–H groups in total. The molecule has 2 aromatic rings. The predicted molar refractivity (Wildman–Crippen MR) is 129 cm³/mol. The first-order valence-electron chi connectivity index (χ1n) is 11.4. The molecule has 1 aliphatic heterocycles. The van der Waals surface area contributed by atoms with Gasteiger partial charge in [0.25, 0.3) is 11.7 Å². The Kier molecular flexibility index (Phi) is 8.17. The topological polar surface area (TPSA) is 99.5 Å². The zero-order chi connectivity index (χ0) is 24.8. The van der Waals surface area contributed by atoms with Crippen LogP contribution in [0.4, 0.5) is 0 Å². The summed E-state index contributed by atoms with van der Waals surface area (Å²) in [5, 5.41) is 21.4. The van der Waals surface area contributed by atoms with Gasteiger partial charge >= 0.3 is 0 Å². The molecule has 0 aromatic heterocycles. The summed E-state index contributed by atoms with van der Waals surface area (Å²) in [6, 6.07) is 10.5. The quantitative estimate of drug-likeness (QED) is 0.312. The third-order valence-electron chi connectivity index (χ3n) is 5.55. The molecule has 1 aliphatic rings. The van der Waals surface area contributed by atoms with Crippen molar-refractivity contribution in [2.45, 2.75) is 26.3 Å². The van der Waals surface area contributed by atoms with Crippen molar-refractivity contribution in [3.63, 3.8) is 0 Å².